The number of para-hydroxylation sites is 1. The zero-order valence-electron chi connectivity index (χ0n) is 15.4. The van der Waals surface area contributed by atoms with Gasteiger partial charge < -0.3 is 5.32 Å². The number of fused-ring (bicyclic) bond motifs is 1. The summed E-state index contributed by atoms with van der Waals surface area (Å²) in [6, 6.07) is 14.5. The largest absolute Gasteiger partial charge is 0.326 e. The second-order valence-corrected chi connectivity index (χ2v) is 8.80. The highest BCUT2D eigenvalue weighted by Gasteiger charge is 2.24. The smallest absolute Gasteiger partial charge is 0.243 e. The van der Waals surface area contributed by atoms with E-state index in [0.29, 0.717) is 18.5 Å². The van der Waals surface area contributed by atoms with Crippen LogP contribution in [0.4, 0.5) is 5.69 Å². The van der Waals surface area contributed by atoms with Crippen molar-refractivity contribution in [3.8, 4) is 5.69 Å². The molecule has 1 aliphatic heterocycles. The summed E-state index contributed by atoms with van der Waals surface area (Å²) >= 11 is 0. The second kappa shape index (κ2) is 7.21. The standard InChI is InChI=1S/C20H20N4O3S/c1-23(13-15-12-21-24(14-15)17-5-3-2-4-6-17)28(26,27)18-8-9-19-16(11-18)7-10-20(25)22-19/h2-6,8-9,11-12,14H,7,10,13H2,1H3,(H,22,25). The third-order valence-electron chi connectivity index (χ3n) is 4.74. The van der Waals surface area contributed by atoms with Crippen molar-refractivity contribution < 1.29 is 13.2 Å². The number of rotatable bonds is 5. The fourth-order valence-corrected chi connectivity index (χ4v) is 4.42. The maximum absolute atomic E-state index is 13.0. The minimum Gasteiger partial charge on any atom is -0.326 e. The molecule has 0 saturated carbocycles. The van der Waals surface area contributed by atoms with Gasteiger partial charge in [0.1, 0.15) is 0 Å². The number of sulfonamides is 1. The molecule has 0 unspecified atom stereocenters. The lowest BCUT2D eigenvalue weighted by molar-refractivity contribution is -0.116. The summed E-state index contributed by atoms with van der Waals surface area (Å²) in [5.41, 5.74) is 3.23. The van der Waals surface area contributed by atoms with Crippen LogP contribution >= 0.6 is 0 Å². The molecule has 0 radical (unpaired) electrons. The monoisotopic (exact) mass is 396 g/mol. The van der Waals surface area contributed by atoms with Gasteiger partial charge in [0.15, 0.2) is 0 Å². The van der Waals surface area contributed by atoms with Crippen LogP contribution in [0.5, 0.6) is 0 Å². The van der Waals surface area contributed by atoms with Crippen molar-refractivity contribution in [2.45, 2.75) is 24.3 Å². The minimum atomic E-state index is -3.66. The molecule has 144 valence electrons. The Kier molecular flexibility index (Phi) is 4.74. The number of benzene rings is 2. The molecule has 8 heteroatoms. The van der Waals surface area contributed by atoms with Gasteiger partial charge in [-0.25, -0.2) is 13.1 Å². The highest BCUT2D eigenvalue weighted by molar-refractivity contribution is 7.89. The summed E-state index contributed by atoms with van der Waals surface area (Å²) in [7, 11) is -2.10. The molecule has 3 aromatic rings. The van der Waals surface area contributed by atoms with Crippen LogP contribution in [0, 0.1) is 0 Å². The van der Waals surface area contributed by atoms with Crippen molar-refractivity contribution in [1.29, 1.82) is 0 Å². The molecule has 7 nitrogen and oxygen atoms in total. The van der Waals surface area contributed by atoms with Crippen molar-refractivity contribution in [2.24, 2.45) is 0 Å². The molecule has 28 heavy (non-hydrogen) atoms. The molecule has 0 fully saturated rings. The number of carbonyl (C=O) groups is 1. The van der Waals surface area contributed by atoms with Gasteiger partial charge in [-0.2, -0.15) is 9.40 Å². The first kappa shape index (κ1) is 18.4. The topological polar surface area (TPSA) is 84.3 Å². The normalized spacial score (nSPS) is 14.0. The van der Waals surface area contributed by atoms with Crippen molar-refractivity contribution in [3.63, 3.8) is 0 Å². The van der Waals surface area contributed by atoms with E-state index in [0.717, 1.165) is 16.8 Å². The van der Waals surface area contributed by atoms with Gasteiger partial charge in [0.2, 0.25) is 15.9 Å². The summed E-state index contributed by atoms with van der Waals surface area (Å²) in [4.78, 5) is 11.7. The molecule has 0 spiro atoms. The minimum absolute atomic E-state index is 0.0457. The average molecular weight is 396 g/mol. The van der Waals surface area contributed by atoms with E-state index in [4.69, 9.17) is 0 Å². The fourth-order valence-electron chi connectivity index (χ4n) is 3.21. The molecule has 0 saturated heterocycles. The van der Waals surface area contributed by atoms with E-state index in [1.54, 1.807) is 30.1 Å². The molecule has 0 atom stereocenters. The first-order valence-electron chi connectivity index (χ1n) is 8.91. The van der Waals surface area contributed by atoms with Crippen LogP contribution in [0.3, 0.4) is 0 Å². The van der Waals surface area contributed by atoms with Crippen molar-refractivity contribution in [1.82, 2.24) is 14.1 Å². The Bertz CT molecular complexity index is 1120. The van der Waals surface area contributed by atoms with Crippen LogP contribution in [-0.2, 0) is 27.8 Å². The number of carbonyl (C=O) groups excluding carboxylic acids is 1. The summed E-state index contributed by atoms with van der Waals surface area (Å²) in [5, 5.41) is 7.08. The Labute approximate surface area is 163 Å². The zero-order valence-corrected chi connectivity index (χ0v) is 16.2. The Balaban J connectivity index is 1.54. The third-order valence-corrected chi connectivity index (χ3v) is 6.54. The molecule has 1 amide bonds. The number of hydrogen-bond donors (Lipinski definition) is 1. The number of nitrogens with zero attached hydrogens (tertiary/aromatic N) is 3. The molecule has 0 aliphatic carbocycles. The number of aryl methyl sites for hydroxylation is 1. The van der Waals surface area contributed by atoms with E-state index in [2.05, 4.69) is 10.4 Å². The Morgan fingerprint density at radius 3 is 2.71 bits per heavy atom. The van der Waals surface area contributed by atoms with Crippen LogP contribution in [0.1, 0.15) is 17.5 Å². The number of amides is 1. The highest BCUT2D eigenvalue weighted by atomic mass is 32.2. The van der Waals surface area contributed by atoms with Gasteiger partial charge in [0.25, 0.3) is 0 Å². The highest BCUT2D eigenvalue weighted by Crippen LogP contribution is 2.27. The molecule has 1 N–H and O–H groups in total. The van der Waals surface area contributed by atoms with E-state index >= 15 is 0 Å². The molecule has 2 aromatic carbocycles. The molecule has 1 aromatic heterocycles. The van der Waals surface area contributed by atoms with Crippen LogP contribution in [0.25, 0.3) is 5.69 Å². The maximum Gasteiger partial charge on any atom is 0.243 e. The molecule has 1 aliphatic rings. The van der Waals surface area contributed by atoms with Gasteiger partial charge in [0, 0.05) is 37.5 Å². The summed E-state index contributed by atoms with van der Waals surface area (Å²) < 4.78 is 29.0. The molecular formula is C20H20N4O3S. The van der Waals surface area contributed by atoms with Crippen LogP contribution in [0.15, 0.2) is 65.8 Å². The lowest BCUT2D eigenvalue weighted by Crippen LogP contribution is -2.27. The molecular weight excluding hydrogens is 376 g/mol. The SMILES string of the molecule is CN(Cc1cnn(-c2ccccc2)c1)S(=O)(=O)c1ccc2c(c1)CCC(=O)N2. The maximum atomic E-state index is 13.0. The molecule has 4 rings (SSSR count). The van der Waals surface area contributed by atoms with Crippen LogP contribution in [-0.4, -0.2) is 35.5 Å². The van der Waals surface area contributed by atoms with E-state index in [-0.39, 0.29) is 17.3 Å². The summed E-state index contributed by atoms with van der Waals surface area (Å²) in [6.45, 7) is 0.211. The van der Waals surface area contributed by atoms with Gasteiger partial charge in [-0.15, -0.1) is 0 Å². The van der Waals surface area contributed by atoms with Crippen molar-refractivity contribution in [3.05, 3.63) is 72.1 Å². The van der Waals surface area contributed by atoms with E-state index in [9.17, 15) is 13.2 Å². The Hall–Kier alpha value is -2.97. The quantitative estimate of drug-likeness (QED) is 0.718. The Morgan fingerprint density at radius 2 is 1.93 bits per heavy atom. The predicted octanol–water partition coefficient (Wildman–Crippen LogP) is 2.58. The first-order chi connectivity index (χ1) is 13.4. The molecule has 0 bridgehead atoms. The van der Waals surface area contributed by atoms with E-state index in [1.807, 2.05) is 36.5 Å². The van der Waals surface area contributed by atoms with Crippen molar-refractivity contribution in [2.75, 3.05) is 12.4 Å². The number of aromatic nitrogens is 2. The average Bonchev–Trinajstić information content (AvgIpc) is 3.16. The van der Waals surface area contributed by atoms with Gasteiger partial charge in [-0.3, -0.25) is 4.79 Å². The van der Waals surface area contributed by atoms with Crippen molar-refractivity contribution >= 4 is 21.6 Å². The van der Waals surface area contributed by atoms with E-state index in [1.165, 1.54) is 10.4 Å². The summed E-state index contributed by atoms with van der Waals surface area (Å²) in [5.74, 6) is -0.0457. The van der Waals surface area contributed by atoms with Gasteiger partial charge >= 0.3 is 0 Å². The number of hydrogen-bond acceptors (Lipinski definition) is 4. The lowest BCUT2D eigenvalue weighted by Gasteiger charge is -2.20. The lowest BCUT2D eigenvalue weighted by atomic mass is 10.0. The van der Waals surface area contributed by atoms with Gasteiger partial charge in [-0.05, 0) is 42.3 Å². The molecule has 2 heterocycles. The summed E-state index contributed by atoms with van der Waals surface area (Å²) in [6.07, 6.45) is 4.40. The van der Waals surface area contributed by atoms with E-state index < -0.39 is 10.0 Å². The number of nitrogens with one attached hydrogen (secondary N) is 1. The third kappa shape index (κ3) is 3.56. The predicted molar refractivity (Wildman–Crippen MR) is 106 cm³/mol. The van der Waals surface area contributed by atoms with Gasteiger partial charge in [0.05, 0.1) is 16.8 Å². The number of anilines is 1. The zero-order chi connectivity index (χ0) is 19.7. The first-order valence-corrected chi connectivity index (χ1v) is 10.4. The van der Waals surface area contributed by atoms with Crippen LogP contribution < -0.4 is 5.32 Å². The second-order valence-electron chi connectivity index (χ2n) is 6.76. The Morgan fingerprint density at radius 1 is 1.14 bits per heavy atom. The van der Waals surface area contributed by atoms with Crippen LogP contribution in [0.2, 0.25) is 0 Å². The fraction of sp³-hybridized carbons (Fsp3) is 0.200. The van der Waals surface area contributed by atoms with Gasteiger partial charge in [-0.1, -0.05) is 18.2 Å².